The number of hydrogen-bond donors (Lipinski definition) is 1. The fraction of sp³-hybridized carbons (Fsp3) is 0.875. The molecule has 42 heavy (non-hydrogen) atoms. The number of carbonyl (C=O) groups is 2. The Balaban J connectivity index is 1.15. The normalized spacial score (nSPS) is 41.0. The van der Waals surface area contributed by atoms with Crippen molar-refractivity contribution in [3.63, 3.8) is 0 Å². The summed E-state index contributed by atoms with van der Waals surface area (Å²) in [6.45, 7) is 8.01. The van der Waals surface area contributed by atoms with Gasteiger partial charge in [0.2, 0.25) is 0 Å². The Morgan fingerprint density at radius 3 is 2.62 bits per heavy atom. The van der Waals surface area contributed by atoms with E-state index in [9.17, 15) is 9.59 Å². The highest BCUT2D eigenvalue weighted by Crippen LogP contribution is 2.51. The standard InChI is InChI=1S/C32H50FN5O4/c1-35-11-13-37(14-12-35)32(40)24-20-38-28-22-6-3-2-5-21(22)7-8-26(28)42-31-27(25(33)19-23(29(31)38)30(24)39)34-9-4-10-36-15-17-41-18-16-36/h20-23,25-29,31,34H,2-19H2,1H3. The Hall–Kier alpha value is -1.59. The van der Waals surface area contributed by atoms with Crippen molar-refractivity contribution in [3.05, 3.63) is 11.8 Å². The smallest absolute Gasteiger partial charge is 0.259 e. The van der Waals surface area contributed by atoms with Crippen molar-refractivity contribution in [3.8, 4) is 0 Å². The number of carbonyl (C=O) groups excluding carboxylic acids is 2. The predicted octanol–water partition coefficient (Wildman–Crippen LogP) is 1.67. The summed E-state index contributed by atoms with van der Waals surface area (Å²) in [4.78, 5) is 36.7. The van der Waals surface area contributed by atoms with Crippen LogP contribution in [-0.4, -0.2) is 140 Å². The molecule has 3 saturated carbocycles. The molecule has 0 aromatic carbocycles. The van der Waals surface area contributed by atoms with Crippen LogP contribution in [-0.2, 0) is 19.1 Å². The topological polar surface area (TPSA) is 77.6 Å². The van der Waals surface area contributed by atoms with Crippen LogP contribution in [0.3, 0.4) is 0 Å². The molecule has 9 unspecified atom stereocenters. The first-order valence-electron chi connectivity index (χ1n) is 16.8. The van der Waals surface area contributed by atoms with E-state index in [0.717, 1.165) is 71.7 Å². The monoisotopic (exact) mass is 587 g/mol. The maximum Gasteiger partial charge on any atom is 0.259 e. The van der Waals surface area contributed by atoms with Gasteiger partial charge in [0.15, 0.2) is 5.78 Å². The van der Waals surface area contributed by atoms with E-state index < -0.39 is 24.2 Å². The van der Waals surface area contributed by atoms with Crippen molar-refractivity contribution in [2.24, 2.45) is 17.8 Å². The Morgan fingerprint density at radius 2 is 1.81 bits per heavy atom. The summed E-state index contributed by atoms with van der Waals surface area (Å²) >= 11 is 0. The first-order chi connectivity index (χ1) is 20.5. The van der Waals surface area contributed by atoms with E-state index in [-0.39, 0.29) is 41.9 Å². The number of Topliss-reactive ketones (excluding diaryl/α,β-unsaturated/α-hetero) is 1. The highest BCUT2D eigenvalue weighted by molar-refractivity contribution is 6.20. The number of alkyl halides is 1. The summed E-state index contributed by atoms with van der Waals surface area (Å²) in [6, 6.07) is -0.499. The second kappa shape index (κ2) is 12.4. The highest BCUT2D eigenvalue weighted by atomic mass is 19.1. The summed E-state index contributed by atoms with van der Waals surface area (Å²) in [6.07, 6.45) is 8.53. The number of nitrogens with one attached hydrogen (secondary N) is 1. The van der Waals surface area contributed by atoms with Gasteiger partial charge in [0.1, 0.15) is 6.17 Å². The number of ether oxygens (including phenoxy) is 2. The van der Waals surface area contributed by atoms with E-state index in [1.165, 1.54) is 25.7 Å². The van der Waals surface area contributed by atoms with Crippen LogP contribution in [0.25, 0.3) is 0 Å². The summed E-state index contributed by atoms with van der Waals surface area (Å²) in [5, 5.41) is 3.56. The quantitative estimate of drug-likeness (QED) is 0.372. The zero-order chi connectivity index (χ0) is 28.8. The number of likely N-dealkylation sites (N-methyl/N-ethyl adjacent to an activating group) is 1. The lowest BCUT2D eigenvalue weighted by Crippen LogP contribution is -2.74. The third-order valence-electron chi connectivity index (χ3n) is 11.6. The van der Waals surface area contributed by atoms with Gasteiger partial charge in [0.05, 0.1) is 49.1 Å². The number of piperazine rings is 1. The minimum absolute atomic E-state index is 0.0126. The SMILES string of the molecule is CN1CCN(C(=O)C2=CN3C4C(CCC5CCCCC54)OC4C(NCCCN5CCOCC5)C(F)CC(C2=O)C43)CC1. The lowest BCUT2D eigenvalue weighted by atomic mass is 9.63. The molecule has 9 atom stereocenters. The van der Waals surface area contributed by atoms with E-state index in [1.54, 1.807) is 0 Å². The van der Waals surface area contributed by atoms with Crippen LogP contribution in [0.2, 0.25) is 0 Å². The average Bonchev–Trinajstić information content (AvgIpc) is 3.02. The fourth-order valence-electron chi connectivity index (χ4n) is 9.38. The third kappa shape index (κ3) is 5.44. The van der Waals surface area contributed by atoms with Crippen LogP contribution in [0.5, 0.6) is 0 Å². The number of ketones is 1. The van der Waals surface area contributed by atoms with Crippen molar-refractivity contribution in [1.29, 1.82) is 0 Å². The highest BCUT2D eigenvalue weighted by Gasteiger charge is 2.60. The number of amides is 1. The van der Waals surface area contributed by atoms with Gasteiger partial charge in [0.25, 0.3) is 5.91 Å². The van der Waals surface area contributed by atoms with Gasteiger partial charge in [-0.1, -0.05) is 19.3 Å². The summed E-state index contributed by atoms with van der Waals surface area (Å²) < 4.78 is 28.5. The lowest BCUT2D eigenvalue weighted by molar-refractivity contribution is -0.215. The molecular formula is C32H50FN5O4. The van der Waals surface area contributed by atoms with Crippen molar-refractivity contribution >= 4 is 11.7 Å². The lowest BCUT2D eigenvalue weighted by Gasteiger charge is -2.62. The Morgan fingerprint density at radius 1 is 1.02 bits per heavy atom. The van der Waals surface area contributed by atoms with Crippen LogP contribution in [0.4, 0.5) is 4.39 Å². The number of rotatable bonds is 6. The maximum atomic E-state index is 16.1. The first-order valence-corrected chi connectivity index (χ1v) is 16.8. The van der Waals surface area contributed by atoms with Gasteiger partial charge in [-0.2, -0.15) is 0 Å². The van der Waals surface area contributed by atoms with Gasteiger partial charge in [-0.05, 0) is 64.1 Å². The fourth-order valence-corrected chi connectivity index (χ4v) is 9.38. The van der Waals surface area contributed by atoms with Crippen LogP contribution in [0, 0.1) is 17.8 Å². The van der Waals surface area contributed by atoms with Crippen molar-refractivity contribution in [1.82, 2.24) is 24.9 Å². The zero-order valence-electron chi connectivity index (χ0n) is 25.3. The molecule has 4 heterocycles. The number of morpholine rings is 2. The molecule has 9 nitrogen and oxygen atoms in total. The zero-order valence-corrected chi connectivity index (χ0v) is 25.3. The molecule has 0 aromatic rings. The second-order valence-electron chi connectivity index (χ2n) is 14.0. The van der Waals surface area contributed by atoms with Gasteiger partial charge >= 0.3 is 0 Å². The molecule has 6 fully saturated rings. The Labute approximate surface area is 250 Å². The second-order valence-corrected chi connectivity index (χ2v) is 14.0. The average molecular weight is 588 g/mol. The summed E-state index contributed by atoms with van der Waals surface area (Å²) in [5.74, 6) is 0.301. The summed E-state index contributed by atoms with van der Waals surface area (Å²) in [7, 11) is 2.06. The van der Waals surface area contributed by atoms with Crippen molar-refractivity contribution in [2.75, 3.05) is 72.6 Å². The number of nitrogens with zero attached hydrogens (tertiary/aromatic N) is 4. The Kier molecular flexibility index (Phi) is 8.62. The summed E-state index contributed by atoms with van der Waals surface area (Å²) in [5.41, 5.74) is 0.280. The first kappa shape index (κ1) is 29.1. The van der Waals surface area contributed by atoms with Crippen LogP contribution in [0.15, 0.2) is 11.8 Å². The van der Waals surface area contributed by atoms with Crippen LogP contribution in [0.1, 0.15) is 51.4 Å². The van der Waals surface area contributed by atoms with E-state index in [0.29, 0.717) is 24.9 Å². The molecule has 234 valence electrons. The minimum atomic E-state index is -1.19. The number of fused-ring (bicyclic) bond motifs is 4. The molecule has 0 radical (unpaired) electrons. The predicted molar refractivity (Wildman–Crippen MR) is 157 cm³/mol. The van der Waals surface area contributed by atoms with Gasteiger partial charge in [0, 0.05) is 51.4 Å². The van der Waals surface area contributed by atoms with Crippen molar-refractivity contribution < 1.29 is 23.5 Å². The molecule has 1 N–H and O–H groups in total. The molecule has 3 saturated heterocycles. The van der Waals surface area contributed by atoms with E-state index in [2.05, 4.69) is 27.1 Å². The molecule has 0 spiro atoms. The van der Waals surface area contributed by atoms with Gasteiger partial charge < -0.3 is 29.5 Å². The molecule has 0 aromatic heterocycles. The molecule has 1 amide bonds. The number of halogens is 1. The van der Waals surface area contributed by atoms with Gasteiger partial charge in [-0.3, -0.25) is 14.5 Å². The molecule has 7 aliphatic rings. The van der Waals surface area contributed by atoms with E-state index >= 15 is 4.39 Å². The third-order valence-corrected chi connectivity index (χ3v) is 11.6. The molecule has 10 heteroatoms. The minimum Gasteiger partial charge on any atom is -0.379 e. The van der Waals surface area contributed by atoms with E-state index in [4.69, 9.17) is 9.47 Å². The van der Waals surface area contributed by atoms with Crippen LogP contribution >= 0.6 is 0 Å². The molecule has 0 bridgehead atoms. The number of hydrogen-bond acceptors (Lipinski definition) is 8. The maximum absolute atomic E-state index is 16.1. The molecular weight excluding hydrogens is 537 g/mol. The van der Waals surface area contributed by atoms with E-state index in [1.807, 2.05) is 11.1 Å². The van der Waals surface area contributed by atoms with Gasteiger partial charge in [-0.25, -0.2) is 4.39 Å². The van der Waals surface area contributed by atoms with Crippen LogP contribution < -0.4 is 5.32 Å². The molecule has 3 aliphatic carbocycles. The largest absolute Gasteiger partial charge is 0.379 e. The molecule has 7 rings (SSSR count). The van der Waals surface area contributed by atoms with Gasteiger partial charge in [-0.15, -0.1) is 0 Å². The van der Waals surface area contributed by atoms with Crippen molar-refractivity contribution in [2.45, 2.75) is 87.9 Å². The molecule has 4 aliphatic heterocycles. The Bertz CT molecular complexity index is 1030.